The van der Waals surface area contributed by atoms with Gasteiger partial charge in [-0.05, 0) is 38.3 Å². The van der Waals surface area contributed by atoms with Crippen LogP contribution in [0.1, 0.15) is 43.9 Å². The van der Waals surface area contributed by atoms with Crippen LogP contribution < -0.4 is 11.5 Å². The molecule has 0 bridgehead atoms. The lowest BCUT2D eigenvalue weighted by Gasteiger charge is -2.36. The van der Waals surface area contributed by atoms with Gasteiger partial charge in [0.1, 0.15) is 5.82 Å². The number of halogens is 1. The zero-order chi connectivity index (χ0) is 14.0. The summed E-state index contributed by atoms with van der Waals surface area (Å²) in [6.07, 6.45) is 1.93. The fourth-order valence-corrected chi connectivity index (χ4v) is 2.44. The third-order valence-electron chi connectivity index (χ3n) is 4.00. The van der Waals surface area contributed by atoms with E-state index in [1.807, 2.05) is 19.1 Å². The molecule has 1 aliphatic rings. The zero-order valence-corrected chi connectivity index (χ0v) is 11.8. The van der Waals surface area contributed by atoms with E-state index in [0.717, 1.165) is 37.1 Å². The van der Waals surface area contributed by atoms with E-state index in [1.165, 1.54) is 0 Å². The molecule has 1 aromatic rings. The first-order valence-electron chi connectivity index (χ1n) is 6.92. The standard InChI is InChI=1S/C15H24FN3/c1-11(17)12-3-4-13(14(16)9-12)10-19-7-5-15(2,18)6-8-19/h3-4,9,11H,5-8,10,17-18H2,1-2H3/t11-/m0/s1. The first-order chi connectivity index (χ1) is 8.87. The molecular formula is C15H24FN3. The zero-order valence-electron chi connectivity index (χ0n) is 11.8. The molecule has 0 unspecified atom stereocenters. The molecule has 1 heterocycles. The number of hydrogen-bond donors (Lipinski definition) is 2. The van der Waals surface area contributed by atoms with Gasteiger partial charge >= 0.3 is 0 Å². The van der Waals surface area contributed by atoms with Crippen molar-refractivity contribution in [2.75, 3.05) is 13.1 Å². The van der Waals surface area contributed by atoms with Crippen LogP contribution in [0, 0.1) is 5.82 Å². The topological polar surface area (TPSA) is 55.3 Å². The van der Waals surface area contributed by atoms with Crippen LogP contribution in [0.2, 0.25) is 0 Å². The van der Waals surface area contributed by atoms with Gasteiger partial charge in [0.25, 0.3) is 0 Å². The Bertz CT molecular complexity index is 433. The number of nitrogens with two attached hydrogens (primary N) is 2. The molecule has 4 heteroatoms. The molecule has 0 radical (unpaired) electrons. The summed E-state index contributed by atoms with van der Waals surface area (Å²) < 4.78 is 14.0. The largest absolute Gasteiger partial charge is 0.325 e. The van der Waals surface area contributed by atoms with Crippen molar-refractivity contribution in [3.8, 4) is 0 Å². The molecule has 106 valence electrons. The lowest BCUT2D eigenvalue weighted by molar-refractivity contribution is 0.163. The molecule has 2 rings (SSSR count). The summed E-state index contributed by atoms with van der Waals surface area (Å²) in [6.45, 7) is 6.47. The molecule has 1 atom stereocenters. The van der Waals surface area contributed by atoms with E-state index in [-0.39, 0.29) is 17.4 Å². The Labute approximate surface area is 114 Å². The van der Waals surface area contributed by atoms with E-state index in [1.54, 1.807) is 6.07 Å². The minimum atomic E-state index is -0.157. The lowest BCUT2D eigenvalue weighted by atomic mass is 9.91. The highest BCUT2D eigenvalue weighted by Crippen LogP contribution is 2.22. The highest BCUT2D eigenvalue weighted by molar-refractivity contribution is 5.26. The summed E-state index contributed by atoms with van der Waals surface area (Å²) >= 11 is 0. The quantitative estimate of drug-likeness (QED) is 0.880. The average Bonchev–Trinajstić information content (AvgIpc) is 2.34. The fourth-order valence-electron chi connectivity index (χ4n) is 2.44. The fraction of sp³-hybridized carbons (Fsp3) is 0.600. The van der Waals surface area contributed by atoms with E-state index in [2.05, 4.69) is 11.8 Å². The molecule has 0 spiro atoms. The molecule has 4 N–H and O–H groups in total. The second kappa shape index (κ2) is 5.57. The highest BCUT2D eigenvalue weighted by atomic mass is 19.1. The van der Waals surface area contributed by atoms with Crippen molar-refractivity contribution in [3.05, 3.63) is 35.1 Å². The molecule has 1 aliphatic heterocycles. The summed E-state index contributed by atoms with van der Waals surface area (Å²) in [6, 6.07) is 5.19. The Balaban J connectivity index is 2.00. The van der Waals surface area contributed by atoms with Crippen molar-refractivity contribution in [2.45, 2.75) is 44.8 Å². The Hall–Kier alpha value is -0.970. The van der Waals surface area contributed by atoms with Crippen molar-refractivity contribution < 1.29 is 4.39 Å². The van der Waals surface area contributed by atoms with Gasteiger partial charge in [0.05, 0.1) is 0 Å². The van der Waals surface area contributed by atoms with Crippen LogP contribution in [0.15, 0.2) is 18.2 Å². The maximum absolute atomic E-state index is 14.0. The molecular weight excluding hydrogens is 241 g/mol. The highest BCUT2D eigenvalue weighted by Gasteiger charge is 2.26. The SMILES string of the molecule is C[C@H](N)c1ccc(CN2CCC(C)(N)CC2)c(F)c1. The van der Waals surface area contributed by atoms with Crippen molar-refractivity contribution in [1.29, 1.82) is 0 Å². The Morgan fingerprint density at radius 1 is 1.37 bits per heavy atom. The molecule has 0 aliphatic carbocycles. The van der Waals surface area contributed by atoms with Crippen LogP contribution >= 0.6 is 0 Å². The second-order valence-corrected chi connectivity index (χ2v) is 6.07. The van der Waals surface area contributed by atoms with Gasteiger partial charge in [0, 0.05) is 36.8 Å². The maximum atomic E-state index is 14.0. The molecule has 0 saturated carbocycles. The van der Waals surface area contributed by atoms with E-state index in [9.17, 15) is 4.39 Å². The van der Waals surface area contributed by atoms with E-state index >= 15 is 0 Å². The molecule has 0 amide bonds. The minimum Gasteiger partial charge on any atom is -0.325 e. The second-order valence-electron chi connectivity index (χ2n) is 6.07. The molecule has 1 aromatic carbocycles. The number of hydrogen-bond acceptors (Lipinski definition) is 3. The van der Waals surface area contributed by atoms with E-state index in [4.69, 9.17) is 11.5 Å². The van der Waals surface area contributed by atoms with Gasteiger partial charge in [-0.2, -0.15) is 0 Å². The molecule has 1 saturated heterocycles. The lowest BCUT2D eigenvalue weighted by Crippen LogP contribution is -2.47. The predicted octanol–water partition coefficient (Wildman–Crippen LogP) is 2.16. The summed E-state index contributed by atoms with van der Waals surface area (Å²) in [4.78, 5) is 2.26. The minimum absolute atomic E-state index is 0.0616. The number of likely N-dealkylation sites (tertiary alicyclic amines) is 1. The van der Waals surface area contributed by atoms with Gasteiger partial charge in [-0.25, -0.2) is 4.39 Å². The van der Waals surface area contributed by atoms with Gasteiger partial charge in [-0.1, -0.05) is 12.1 Å². The number of rotatable bonds is 3. The summed E-state index contributed by atoms with van der Waals surface area (Å²) in [5.74, 6) is -0.157. The molecule has 3 nitrogen and oxygen atoms in total. The van der Waals surface area contributed by atoms with Gasteiger partial charge in [-0.3, -0.25) is 4.90 Å². The Morgan fingerprint density at radius 2 is 2.00 bits per heavy atom. The summed E-state index contributed by atoms with van der Waals surface area (Å²) in [7, 11) is 0. The van der Waals surface area contributed by atoms with Crippen LogP contribution in [-0.4, -0.2) is 23.5 Å². The van der Waals surface area contributed by atoms with Crippen molar-refractivity contribution in [3.63, 3.8) is 0 Å². The van der Waals surface area contributed by atoms with Gasteiger partial charge in [0.15, 0.2) is 0 Å². The van der Waals surface area contributed by atoms with E-state index < -0.39 is 0 Å². The number of piperidine rings is 1. The van der Waals surface area contributed by atoms with Crippen LogP contribution in [0.5, 0.6) is 0 Å². The van der Waals surface area contributed by atoms with Crippen LogP contribution in [0.25, 0.3) is 0 Å². The van der Waals surface area contributed by atoms with Gasteiger partial charge in [0.2, 0.25) is 0 Å². The first-order valence-corrected chi connectivity index (χ1v) is 6.92. The third kappa shape index (κ3) is 3.75. The average molecular weight is 265 g/mol. The smallest absolute Gasteiger partial charge is 0.128 e. The van der Waals surface area contributed by atoms with Gasteiger partial charge < -0.3 is 11.5 Å². The van der Waals surface area contributed by atoms with Gasteiger partial charge in [-0.15, -0.1) is 0 Å². The van der Waals surface area contributed by atoms with E-state index in [0.29, 0.717) is 6.54 Å². The van der Waals surface area contributed by atoms with Crippen molar-refractivity contribution in [2.24, 2.45) is 11.5 Å². The summed E-state index contributed by atoms with van der Waals surface area (Å²) in [5, 5.41) is 0. The first kappa shape index (κ1) is 14.4. The van der Waals surface area contributed by atoms with Crippen LogP contribution in [-0.2, 0) is 6.54 Å². The third-order valence-corrected chi connectivity index (χ3v) is 4.00. The van der Waals surface area contributed by atoms with Crippen molar-refractivity contribution >= 4 is 0 Å². The molecule has 1 fully saturated rings. The number of benzene rings is 1. The normalized spacial score (nSPS) is 21.3. The van der Waals surface area contributed by atoms with Crippen LogP contribution in [0.4, 0.5) is 4.39 Å². The monoisotopic (exact) mass is 265 g/mol. The Kier molecular flexibility index (Phi) is 4.23. The molecule has 0 aromatic heterocycles. The number of nitrogens with zero attached hydrogens (tertiary/aromatic N) is 1. The summed E-state index contributed by atoms with van der Waals surface area (Å²) in [5.41, 5.74) is 13.4. The maximum Gasteiger partial charge on any atom is 0.128 e. The predicted molar refractivity (Wildman–Crippen MR) is 76.1 cm³/mol. The van der Waals surface area contributed by atoms with Crippen molar-refractivity contribution in [1.82, 2.24) is 4.90 Å². The molecule has 19 heavy (non-hydrogen) atoms. The Morgan fingerprint density at radius 3 is 2.53 bits per heavy atom. The van der Waals surface area contributed by atoms with Crippen LogP contribution in [0.3, 0.4) is 0 Å².